The van der Waals surface area contributed by atoms with Gasteiger partial charge in [0.05, 0.1) is 18.1 Å². The lowest BCUT2D eigenvalue weighted by molar-refractivity contribution is -0.118. The maximum absolute atomic E-state index is 13.3. The van der Waals surface area contributed by atoms with Crippen LogP contribution in [0.1, 0.15) is 16.2 Å². The van der Waals surface area contributed by atoms with Crippen molar-refractivity contribution in [2.45, 2.75) is 6.42 Å². The van der Waals surface area contributed by atoms with E-state index < -0.39 is 5.82 Å². The third-order valence-corrected chi connectivity index (χ3v) is 5.41. The van der Waals surface area contributed by atoms with Crippen LogP contribution >= 0.6 is 0 Å². The normalized spacial score (nSPS) is 10.7. The lowest BCUT2D eigenvalue weighted by atomic mass is 10.2. The van der Waals surface area contributed by atoms with Crippen molar-refractivity contribution in [3.8, 4) is 11.5 Å². The first-order chi connectivity index (χ1) is 16.9. The van der Waals surface area contributed by atoms with E-state index in [2.05, 4.69) is 15.6 Å². The molecule has 0 fully saturated rings. The first-order valence-electron chi connectivity index (χ1n) is 11.0. The van der Waals surface area contributed by atoms with Crippen LogP contribution in [-0.2, 0) is 18.3 Å². The number of amides is 2. The predicted molar refractivity (Wildman–Crippen MR) is 130 cm³/mol. The van der Waals surface area contributed by atoms with E-state index in [0.29, 0.717) is 35.7 Å². The zero-order valence-corrected chi connectivity index (χ0v) is 19.4. The largest absolute Gasteiger partial charge is 0.493 e. The molecule has 8 nitrogen and oxygen atoms in total. The van der Waals surface area contributed by atoms with Crippen LogP contribution in [0.15, 0.2) is 66.7 Å². The molecule has 9 heteroatoms. The van der Waals surface area contributed by atoms with Gasteiger partial charge in [0.1, 0.15) is 11.6 Å². The topological polar surface area (TPSA) is 94.5 Å². The second-order valence-corrected chi connectivity index (χ2v) is 7.79. The Morgan fingerprint density at radius 1 is 1.03 bits per heavy atom. The number of hydrogen-bond donors (Lipinski definition) is 2. The molecule has 4 rings (SSSR count). The van der Waals surface area contributed by atoms with Crippen molar-refractivity contribution >= 4 is 28.5 Å². The van der Waals surface area contributed by atoms with Crippen LogP contribution in [0.4, 0.5) is 10.1 Å². The summed E-state index contributed by atoms with van der Waals surface area (Å²) in [5.74, 6) is 0.689. The van der Waals surface area contributed by atoms with Crippen LogP contribution in [0, 0.1) is 5.82 Å². The van der Waals surface area contributed by atoms with E-state index in [1.807, 2.05) is 23.7 Å². The molecule has 4 aromatic rings. The molecule has 0 aliphatic carbocycles. The number of carbonyl (C=O) groups is 2. The van der Waals surface area contributed by atoms with Gasteiger partial charge in [-0.05, 0) is 48.5 Å². The Balaban J connectivity index is 1.35. The van der Waals surface area contributed by atoms with Gasteiger partial charge in [-0.25, -0.2) is 9.37 Å². The summed E-state index contributed by atoms with van der Waals surface area (Å²) >= 11 is 0. The molecule has 2 amide bonds. The summed E-state index contributed by atoms with van der Waals surface area (Å²) in [7, 11) is 3.43. The quantitative estimate of drug-likeness (QED) is 0.384. The smallest absolute Gasteiger partial charge is 0.262 e. The highest BCUT2D eigenvalue weighted by Crippen LogP contribution is 2.26. The number of methoxy groups -OCH3 is 1. The van der Waals surface area contributed by atoms with Crippen LogP contribution in [0.2, 0.25) is 0 Å². The molecular formula is C26H25FN4O4. The highest BCUT2D eigenvalue weighted by molar-refractivity contribution is 5.94. The monoisotopic (exact) mass is 476 g/mol. The number of nitrogens with one attached hydrogen (secondary N) is 2. The van der Waals surface area contributed by atoms with Crippen LogP contribution in [0.25, 0.3) is 11.0 Å². The molecule has 0 bridgehead atoms. The number of aromatic nitrogens is 2. The number of nitrogens with zero attached hydrogens (tertiary/aromatic N) is 2. The molecule has 1 heterocycles. The Bertz CT molecular complexity index is 1370. The first kappa shape index (κ1) is 23.7. The summed E-state index contributed by atoms with van der Waals surface area (Å²) in [5.41, 5.74) is 2.46. The molecule has 2 N–H and O–H groups in total. The Morgan fingerprint density at radius 3 is 2.60 bits per heavy atom. The van der Waals surface area contributed by atoms with Crippen molar-refractivity contribution in [2.75, 3.05) is 25.6 Å². The predicted octanol–water partition coefficient (Wildman–Crippen LogP) is 3.71. The molecule has 180 valence electrons. The Morgan fingerprint density at radius 2 is 1.83 bits per heavy atom. The summed E-state index contributed by atoms with van der Waals surface area (Å²) in [4.78, 5) is 29.2. The number of carbonyl (C=O) groups excluding carboxylic acids is 2. The van der Waals surface area contributed by atoms with Gasteiger partial charge in [0.25, 0.3) is 11.8 Å². The zero-order chi connectivity index (χ0) is 24.8. The van der Waals surface area contributed by atoms with Gasteiger partial charge in [0.15, 0.2) is 18.1 Å². The second kappa shape index (κ2) is 10.7. The minimum atomic E-state index is -0.456. The molecule has 0 aliphatic heterocycles. The van der Waals surface area contributed by atoms with Crippen molar-refractivity contribution in [1.29, 1.82) is 0 Å². The fourth-order valence-corrected chi connectivity index (χ4v) is 3.65. The van der Waals surface area contributed by atoms with Gasteiger partial charge in [0.2, 0.25) is 0 Å². The fourth-order valence-electron chi connectivity index (χ4n) is 3.65. The van der Waals surface area contributed by atoms with E-state index in [4.69, 9.17) is 9.47 Å². The molecule has 0 atom stereocenters. The Kier molecular flexibility index (Phi) is 7.25. The number of hydrogen-bond acceptors (Lipinski definition) is 5. The maximum atomic E-state index is 13.3. The average Bonchev–Trinajstić information content (AvgIpc) is 3.17. The number of rotatable bonds is 9. The fraction of sp³-hybridized carbons (Fsp3) is 0.192. The number of halogens is 1. The number of imidazole rings is 1. The number of benzene rings is 3. The number of aryl methyl sites for hydroxylation is 1. The summed E-state index contributed by atoms with van der Waals surface area (Å²) < 4.78 is 26.0. The van der Waals surface area contributed by atoms with E-state index in [-0.39, 0.29) is 24.0 Å². The second-order valence-electron chi connectivity index (χ2n) is 7.79. The van der Waals surface area contributed by atoms with Crippen molar-refractivity contribution in [2.24, 2.45) is 7.05 Å². The molecule has 0 aliphatic rings. The van der Waals surface area contributed by atoms with Crippen molar-refractivity contribution in [1.82, 2.24) is 14.9 Å². The van der Waals surface area contributed by atoms with E-state index in [1.165, 1.54) is 25.3 Å². The Hall–Kier alpha value is -4.40. The third kappa shape index (κ3) is 5.75. The summed E-state index contributed by atoms with van der Waals surface area (Å²) in [6.45, 7) is 0.174. The van der Waals surface area contributed by atoms with E-state index in [1.54, 1.807) is 36.4 Å². The summed E-state index contributed by atoms with van der Waals surface area (Å²) in [5, 5.41) is 5.59. The van der Waals surface area contributed by atoms with Gasteiger partial charge in [-0.1, -0.05) is 18.2 Å². The summed E-state index contributed by atoms with van der Waals surface area (Å²) in [6.07, 6.45) is 0.487. The van der Waals surface area contributed by atoms with E-state index in [9.17, 15) is 14.0 Å². The molecule has 0 radical (unpaired) electrons. The van der Waals surface area contributed by atoms with E-state index >= 15 is 0 Å². The third-order valence-electron chi connectivity index (χ3n) is 5.41. The minimum Gasteiger partial charge on any atom is -0.493 e. The van der Waals surface area contributed by atoms with Crippen molar-refractivity contribution in [3.63, 3.8) is 0 Å². The number of ether oxygens (including phenoxy) is 2. The van der Waals surface area contributed by atoms with Crippen molar-refractivity contribution < 1.29 is 23.5 Å². The molecule has 35 heavy (non-hydrogen) atoms. The van der Waals surface area contributed by atoms with Crippen LogP contribution in [0.5, 0.6) is 11.5 Å². The lowest BCUT2D eigenvalue weighted by Gasteiger charge is -2.10. The molecule has 3 aromatic carbocycles. The van der Waals surface area contributed by atoms with Gasteiger partial charge in [0, 0.05) is 31.3 Å². The molecule has 0 saturated heterocycles. The zero-order valence-electron chi connectivity index (χ0n) is 19.4. The van der Waals surface area contributed by atoms with Crippen LogP contribution in [-0.4, -0.2) is 41.6 Å². The van der Waals surface area contributed by atoms with Crippen LogP contribution < -0.4 is 20.1 Å². The lowest BCUT2D eigenvalue weighted by Crippen LogP contribution is -2.26. The number of anilines is 1. The first-order valence-corrected chi connectivity index (χ1v) is 11.0. The number of fused-ring (bicyclic) bond motifs is 1. The molecule has 0 saturated carbocycles. The standard InChI is InChI=1S/C26H25FN4O4/c1-31-21-11-10-19(29-25(32)16-35-23-9-4-3-8-22(23)34-2)15-20(21)30-24(31)12-13-28-26(33)17-6-5-7-18(27)14-17/h3-11,14-15H,12-13,16H2,1-2H3,(H,28,33)(H,29,32). The minimum absolute atomic E-state index is 0.170. The van der Waals surface area contributed by atoms with Gasteiger partial charge in [-0.2, -0.15) is 0 Å². The molecule has 0 unspecified atom stereocenters. The average molecular weight is 477 g/mol. The molecular weight excluding hydrogens is 451 g/mol. The van der Waals surface area contributed by atoms with Gasteiger partial charge in [-0.15, -0.1) is 0 Å². The SMILES string of the molecule is COc1ccccc1OCC(=O)Nc1ccc2c(c1)nc(CCNC(=O)c1cccc(F)c1)n2C. The molecule has 1 aromatic heterocycles. The maximum Gasteiger partial charge on any atom is 0.262 e. The highest BCUT2D eigenvalue weighted by Gasteiger charge is 2.12. The highest BCUT2D eigenvalue weighted by atomic mass is 19.1. The summed E-state index contributed by atoms with van der Waals surface area (Å²) in [6, 6.07) is 18.1. The van der Waals surface area contributed by atoms with Crippen molar-refractivity contribution in [3.05, 3.63) is 83.9 Å². The van der Waals surface area contributed by atoms with Gasteiger partial charge >= 0.3 is 0 Å². The number of para-hydroxylation sites is 2. The van der Waals surface area contributed by atoms with E-state index in [0.717, 1.165) is 11.3 Å². The van der Waals surface area contributed by atoms with Crippen LogP contribution in [0.3, 0.4) is 0 Å². The van der Waals surface area contributed by atoms with Gasteiger partial charge < -0.3 is 24.7 Å². The molecule has 0 spiro atoms. The van der Waals surface area contributed by atoms with Gasteiger partial charge in [-0.3, -0.25) is 9.59 Å². The Labute approximate surface area is 201 Å².